The van der Waals surface area contributed by atoms with E-state index in [-0.39, 0.29) is 11.5 Å². The van der Waals surface area contributed by atoms with E-state index in [1.54, 1.807) is 6.92 Å². The van der Waals surface area contributed by atoms with Crippen molar-refractivity contribution in [3.8, 4) is 0 Å². The monoisotopic (exact) mass is 201 g/mol. The van der Waals surface area contributed by atoms with Gasteiger partial charge in [0.05, 0.1) is 5.69 Å². The van der Waals surface area contributed by atoms with Crippen LogP contribution in [0.1, 0.15) is 23.6 Å². The number of nitrogens with two attached hydrogens (primary N) is 1. The van der Waals surface area contributed by atoms with E-state index in [1.807, 2.05) is 13.8 Å². The number of hydrogen-bond acceptors (Lipinski definition) is 1. The van der Waals surface area contributed by atoms with Gasteiger partial charge in [0, 0.05) is 10.6 Å². The first-order valence-corrected chi connectivity index (χ1v) is 4.61. The maximum absolute atomic E-state index is 13.4. The molecule has 1 aromatic rings. The van der Waals surface area contributed by atoms with E-state index in [0.29, 0.717) is 17.0 Å². The Kier molecular flexibility index (Phi) is 2.81. The van der Waals surface area contributed by atoms with Crippen LogP contribution in [0.15, 0.2) is 0 Å². The molecule has 1 rings (SSSR count). The molecule has 0 saturated heterocycles. The molecule has 0 amide bonds. The maximum atomic E-state index is 13.4. The van der Waals surface area contributed by atoms with E-state index in [0.717, 1.165) is 11.1 Å². The van der Waals surface area contributed by atoms with Crippen molar-refractivity contribution in [3.05, 3.63) is 27.5 Å². The summed E-state index contributed by atoms with van der Waals surface area (Å²) in [7, 11) is 0. The van der Waals surface area contributed by atoms with Gasteiger partial charge in [0.15, 0.2) is 5.82 Å². The summed E-state index contributed by atoms with van der Waals surface area (Å²) in [5.74, 6) is -0.382. The molecule has 1 nitrogen and oxygen atoms in total. The van der Waals surface area contributed by atoms with Crippen molar-refractivity contribution in [2.24, 2.45) is 0 Å². The van der Waals surface area contributed by atoms with Gasteiger partial charge in [-0.05, 0) is 31.4 Å². The maximum Gasteiger partial charge on any atom is 0.150 e. The Hall–Kier alpha value is -0.760. The van der Waals surface area contributed by atoms with Crippen LogP contribution in [-0.2, 0) is 6.42 Å². The lowest BCUT2D eigenvalue weighted by molar-refractivity contribution is 0.621. The third-order valence-corrected chi connectivity index (χ3v) is 2.92. The van der Waals surface area contributed by atoms with Crippen LogP contribution in [0.2, 0.25) is 5.02 Å². The van der Waals surface area contributed by atoms with E-state index in [4.69, 9.17) is 17.3 Å². The second-order valence-electron chi connectivity index (χ2n) is 3.12. The molecule has 72 valence electrons. The molecule has 0 aliphatic rings. The summed E-state index contributed by atoms with van der Waals surface area (Å²) in [5, 5.41) is 0.489. The molecule has 0 aliphatic carbocycles. The smallest absolute Gasteiger partial charge is 0.150 e. The van der Waals surface area contributed by atoms with Gasteiger partial charge in [-0.15, -0.1) is 0 Å². The molecular formula is C10H13ClFN. The van der Waals surface area contributed by atoms with Crippen molar-refractivity contribution in [1.82, 2.24) is 0 Å². The van der Waals surface area contributed by atoms with Crippen molar-refractivity contribution in [1.29, 1.82) is 0 Å². The molecule has 0 fully saturated rings. The number of benzene rings is 1. The Morgan fingerprint density at radius 3 is 2.31 bits per heavy atom. The predicted molar refractivity (Wildman–Crippen MR) is 54.7 cm³/mol. The first kappa shape index (κ1) is 10.3. The molecule has 1 aromatic carbocycles. The van der Waals surface area contributed by atoms with E-state index in [2.05, 4.69) is 0 Å². The summed E-state index contributed by atoms with van der Waals surface area (Å²) in [4.78, 5) is 0. The summed E-state index contributed by atoms with van der Waals surface area (Å²) < 4.78 is 13.4. The second kappa shape index (κ2) is 3.54. The fourth-order valence-corrected chi connectivity index (χ4v) is 1.70. The topological polar surface area (TPSA) is 26.0 Å². The summed E-state index contributed by atoms with van der Waals surface area (Å²) in [6.07, 6.45) is 0.703. The molecule has 0 radical (unpaired) electrons. The highest BCUT2D eigenvalue weighted by Crippen LogP contribution is 2.31. The Bertz CT molecular complexity index is 318. The lowest BCUT2D eigenvalue weighted by Crippen LogP contribution is -2.03. The number of halogens is 2. The summed E-state index contributed by atoms with van der Waals surface area (Å²) in [5.41, 5.74) is 8.01. The van der Waals surface area contributed by atoms with Gasteiger partial charge in [0.25, 0.3) is 0 Å². The van der Waals surface area contributed by atoms with Crippen molar-refractivity contribution in [3.63, 3.8) is 0 Å². The Morgan fingerprint density at radius 1 is 1.31 bits per heavy atom. The minimum Gasteiger partial charge on any atom is -0.396 e. The largest absolute Gasteiger partial charge is 0.396 e. The van der Waals surface area contributed by atoms with Crippen molar-refractivity contribution >= 4 is 17.3 Å². The molecule has 0 aromatic heterocycles. The highest BCUT2D eigenvalue weighted by molar-refractivity contribution is 6.32. The lowest BCUT2D eigenvalue weighted by atomic mass is 10.0. The Labute approximate surface area is 82.7 Å². The molecule has 2 N–H and O–H groups in total. The molecule has 0 unspecified atom stereocenters. The van der Waals surface area contributed by atoms with Gasteiger partial charge in [-0.3, -0.25) is 0 Å². The molecule has 0 atom stereocenters. The highest BCUT2D eigenvalue weighted by Gasteiger charge is 2.14. The lowest BCUT2D eigenvalue weighted by Gasteiger charge is -2.13. The molecule has 13 heavy (non-hydrogen) atoms. The second-order valence-corrected chi connectivity index (χ2v) is 3.50. The quantitative estimate of drug-likeness (QED) is 0.694. The Balaban J connectivity index is 3.56. The minimum absolute atomic E-state index is 0.238. The van der Waals surface area contributed by atoms with Crippen molar-refractivity contribution < 1.29 is 4.39 Å². The normalized spacial score (nSPS) is 10.5. The SMILES string of the molecule is CCc1c(C)c(Cl)c(C)c(F)c1N. The van der Waals surface area contributed by atoms with E-state index in [9.17, 15) is 4.39 Å². The first-order valence-electron chi connectivity index (χ1n) is 4.23. The average molecular weight is 202 g/mol. The molecule has 3 heteroatoms. The molecule has 0 bridgehead atoms. The van der Waals surface area contributed by atoms with Crippen LogP contribution in [0.5, 0.6) is 0 Å². The molecule has 0 aliphatic heterocycles. The number of rotatable bonds is 1. The van der Waals surface area contributed by atoms with Crippen LogP contribution in [-0.4, -0.2) is 0 Å². The summed E-state index contributed by atoms with van der Waals surface area (Å²) in [6.45, 7) is 5.44. The van der Waals surface area contributed by atoms with Gasteiger partial charge in [-0.25, -0.2) is 4.39 Å². The number of anilines is 1. The van der Waals surface area contributed by atoms with Gasteiger partial charge in [-0.2, -0.15) is 0 Å². The van der Waals surface area contributed by atoms with Gasteiger partial charge >= 0.3 is 0 Å². The Morgan fingerprint density at radius 2 is 1.85 bits per heavy atom. The first-order chi connectivity index (χ1) is 6.00. The molecule has 0 spiro atoms. The van der Waals surface area contributed by atoms with Crippen molar-refractivity contribution in [2.45, 2.75) is 27.2 Å². The predicted octanol–water partition coefficient (Wildman–Crippen LogP) is 3.24. The fraction of sp³-hybridized carbons (Fsp3) is 0.400. The molecular weight excluding hydrogens is 189 g/mol. The van der Waals surface area contributed by atoms with Crippen LogP contribution in [0.4, 0.5) is 10.1 Å². The zero-order chi connectivity index (χ0) is 10.2. The minimum atomic E-state index is -0.382. The van der Waals surface area contributed by atoms with Crippen LogP contribution < -0.4 is 5.73 Å². The van der Waals surface area contributed by atoms with Crippen molar-refractivity contribution in [2.75, 3.05) is 5.73 Å². The van der Waals surface area contributed by atoms with E-state index < -0.39 is 0 Å². The summed E-state index contributed by atoms with van der Waals surface area (Å²) >= 11 is 5.94. The fourth-order valence-electron chi connectivity index (χ4n) is 1.50. The van der Waals surface area contributed by atoms with Gasteiger partial charge in [-0.1, -0.05) is 18.5 Å². The number of hydrogen-bond donors (Lipinski definition) is 1. The zero-order valence-corrected chi connectivity index (χ0v) is 8.80. The molecule has 0 heterocycles. The number of nitrogen functional groups attached to an aromatic ring is 1. The van der Waals surface area contributed by atoms with Crippen LogP contribution >= 0.6 is 11.6 Å². The van der Waals surface area contributed by atoms with Gasteiger partial charge in [0.1, 0.15) is 0 Å². The summed E-state index contributed by atoms with van der Waals surface area (Å²) in [6, 6.07) is 0. The average Bonchev–Trinajstić information content (AvgIpc) is 2.13. The van der Waals surface area contributed by atoms with E-state index in [1.165, 1.54) is 0 Å². The zero-order valence-electron chi connectivity index (χ0n) is 8.04. The highest BCUT2D eigenvalue weighted by atomic mass is 35.5. The van der Waals surface area contributed by atoms with Crippen LogP contribution in [0.3, 0.4) is 0 Å². The van der Waals surface area contributed by atoms with Gasteiger partial charge < -0.3 is 5.73 Å². The molecule has 0 saturated carbocycles. The van der Waals surface area contributed by atoms with Crippen LogP contribution in [0, 0.1) is 19.7 Å². The third-order valence-electron chi connectivity index (χ3n) is 2.36. The van der Waals surface area contributed by atoms with Crippen LogP contribution in [0.25, 0.3) is 0 Å². The third kappa shape index (κ3) is 1.51. The van der Waals surface area contributed by atoms with E-state index >= 15 is 0 Å². The van der Waals surface area contributed by atoms with Gasteiger partial charge in [0.2, 0.25) is 0 Å². The standard InChI is InChI=1S/C10H13ClFN/c1-4-7-5(2)8(11)6(3)9(12)10(7)13/h4,13H2,1-3H3.